The number of methoxy groups -OCH3 is 2. The lowest BCUT2D eigenvalue weighted by atomic mass is 10.1. The molecule has 0 spiro atoms. The number of hydrogen-bond acceptors (Lipinski definition) is 6. The third kappa shape index (κ3) is 4.81. The number of hydrogen-bond donors (Lipinski definition) is 0. The van der Waals surface area contributed by atoms with Crippen molar-refractivity contribution in [1.29, 1.82) is 0 Å². The maximum absolute atomic E-state index is 5.59. The lowest BCUT2D eigenvalue weighted by Crippen LogP contribution is -2.15. The van der Waals surface area contributed by atoms with Crippen molar-refractivity contribution in [2.24, 2.45) is 10.1 Å². The summed E-state index contributed by atoms with van der Waals surface area (Å²) in [4.78, 5) is 9.55. The number of nitrogens with zero attached hydrogens (tertiary/aromatic N) is 4. The molecule has 0 radical (unpaired) electrons. The molecule has 1 aromatic carbocycles. The first kappa shape index (κ1) is 20.5. The summed E-state index contributed by atoms with van der Waals surface area (Å²) in [7, 11) is 3.30. The lowest BCUT2D eigenvalue weighted by molar-refractivity contribution is 0.404. The van der Waals surface area contributed by atoms with Crippen LogP contribution in [0.15, 0.2) is 70.4 Å². The van der Waals surface area contributed by atoms with Gasteiger partial charge in [-0.1, -0.05) is 12.2 Å². The van der Waals surface area contributed by atoms with Gasteiger partial charge in [-0.2, -0.15) is 5.10 Å². The number of rotatable bonds is 7. The predicted molar refractivity (Wildman–Crippen MR) is 118 cm³/mol. The van der Waals surface area contributed by atoms with E-state index in [1.54, 1.807) is 26.6 Å². The molecule has 0 N–H and O–H groups in total. The Morgan fingerprint density at radius 2 is 1.90 bits per heavy atom. The van der Waals surface area contributed by atoms with E-state index in [0.29, 0.717) is 6.54 Å². The van der Waals surface area contributed by atoms with Crippen molar-refractivity contribution in [3.63, 3.8) is 0 Å². The topological polar surface area (TPSA) is 61.0 Å². The van der Waals surface area contributed by atoms with Crippen molar-refractivity contribution >= 4 is 17.0 Å². The van der Waals surface area contributed by atoms with Crippen LogP contribution in [0.3, 0.4) is 0 Å². The average molecular weight is 409 g/mol. The highest BCUT2D eigenvalue weighted by Crippen LogP contribution is 2.33. The molecule has 2 heterocycles. The monoisotopic (exact) mass is 408 g/mol. The molecule has 0 saturated heterocycles. The normalized spacial score (nSPS) is 12.1. The lowest BCUT2D eigenvalue weighted by Gasteiger charge is -2.11. The molecule has 0 bridgehead atoms. The largest absolute Gasteiger partial charge is 0.497 e. The van der Waals surface area contributed by atoms with E-state index in [9.17, 15) is 0 Å². The SMILES string of the molecule is C=C(C)CN=c1scc(-c2cc(OC)ccc2OC)n1N=C(C)c1ccncc1. The average Bonchev–Trinajstić information content (AvgIpc) is 3.14. The Balaban J connectivity index is 2.22. The van der Waals surface area contributed by atoms with E-state index in [4.69, 9.17) is 14.6 Å². The third-order valence-corrected chi connectivity index (χ3v) is 5.05. The molecule has 0 aliphatic heterocycles. The van der Waals surface area contributed by atoms with E-state index in [-0.39, 0.29) is 0 Å². The van der Waals surface area contributed by atoms with Crippen LogP contribution in [0.2, 0.25) is 0 Å². The fourth-order valence-electron chi connectivity index (χ4n) is 2.71. The quantitative estimate of drug-likeness (QED) is 0.431. The summed E-state index contributed by atoms with van der Waals surface area (Å²) in [5, 5.41) is 6.90. The maximum Gasteiger partial charge on any atom is 0.206 e. The van der Waals surface area contributed by atoms with Crippen LogP contribution in [0.25, 0.3) is 11.3 Å². The fraction of sp³-hybridized carbons (Fsp3) is 0.227. The van der Waals surface area contributed by atoms with Crippen molar-refractivity contribution in [3.05, 3.63) is 70.6 Å². The van der Waals surface area contributed by atoms with Crippen LogP contribution in [-0.2, 0) is 0 Å². The van der Waals surface area contributed by atoms with Gasteiger partial charge in [-0.15, -0.1) is 11.3 Å². The van der Waals surface area contributed by atoms with E-state index < -0.39 is 0 Å². The molecule has 0 aliphatic carbocycles. The molecule has 0 atom stereocenters. The molecule has 29 heavy (non-hydrogen) atoms. The van der Waals surface area contributed by atoms with Gasteiger partial charge in [0.25, 0.3) is 0 Å². The number of ether oxygens (including phenoxy) is 2. The molecule has 0 unspecified atom stereocenters. The van der Waals surface area contributed by atoms with E-state index in [1.807, 2.05) is 54.2 Å². The van der Waals surface area contributed by atoms with Gasteiger partial charge in [-0.3, -0.25) is 9.98 Å². The Hall–Kier alpha value is -3.19. The zero-order valence-corrected chi connectivity index (χ0v) is 17.9. The Morgan fingerprint density at radius 3 is 2.55 bits per heavy atom. The van der Waals surface area contributed by atoms with Gasteiger partial charge < -0.3 is 9.47 Å². The standard InChI is InChI=1S/C22H24N4O2S/c1-15(2)13-24-22-26(25-16(3)17-8-10-23-11-9-17)20(14-29-22)19-12-18(27-4)6-7-21(19)28-5/h6-12,14H,1,13H2,2-5H3. The van der Waals surface area contributed by atoms with Crippen molar-refractivity contribution in [1.82, 2.24) is 9.66 Å². The second kappa shape index (κ2) is 9.34. The second-order valence-electron chi connectivity index (χ2n) is 6.48. The van der Waals surface area contributed by atoms with Crippen LogP contribution in [0, 0.1) is 0 Å². The zero-order valence-electron chi connectivity index (χ0n) is 17.0. The van der Waals surface area contributed by atoms with Crippen LogP contribution in [-0.4, -0.2) is 36.1 Å². The summed E-state index contributed by atoms with van der Waals surface area (Å²) in [6, 6.07) is 9.57. The predicted octanol–water partition coefficient (Wildman–Crippen LogP) is 4.38. The van der Waals surface area contributed by atoms with Gasteiger partial charge in [0, 0.05) is 28.9 Å². The molecule has 7 heteroatoms. The van der Waals surface area contributed by atoms with Gasteiger partial charge in [-0.25, -0.2) is 4.68 Å². The molecule has 0 aliphatic rings. The third-order valence-electron chi connectivity index (χ3n) is 4.20. The summed E-state index contributed by atoms with van der Waals surface area (Å²) < 4.78 is 12.8. The number of thiazole rings is 1. The van der Waals surface area contributed by atoms with Crippen LogP contribution in [0.4, 0.5) is 0 Å². The Bertz CT molecular complexity index is 1100. The van der Waals surface area contributed by atoms with E-state index in [2.05, 4.69) is 16.6 Å². The first-order valence-electron chi connectivity index (χ1n) is 9.07. The Morgan fingerprint density at radius 1 is 1.14 bits per heavy atom. The summed E-state index contributed by atoms with van der Waals surface area (Å²) in [6.07, 6.45) is 3.51. The van der Waals surface area contributed by atoms with Gasteiger partial charge in [0.15, 0.2) is 0 Å². The molecule has 2 aromatic heterocycles. The second-order valence-corrected chi connectivity index (χ2v) is 7.31. The molecular weight excluding hydrogens is 384 g/mol. The molecule has 0 fully saturated rings. The van der Waals surface area contributed by atoms with E-state index in [0.717, 1.165) is 44.4 Å². The first-order chi connectivity index (χ1) is 14.0. The number of pyridine rings is 1. The van der Waals surface area contributed by atoms with Crippen LogP contribution < -0.4 is 14.3 Å². The van der Waals surface area contributed by atoms with Crippen LogP contribution in [0.5, 0.6) is 11.5 Å². The molecule has 0 saturated carbocycles. The summed E-state index contributed by atoms with van der Waals surface area (Å²) in [6.45, 7) is 8.41. The highest BCUT2D eigenvalue weighted by Gasteiger charge is 2.14. The minimum Gasteiger partial charge on any atom is -0.497 e. The van der Waals surface area contributed by atoms with Crippen molar-refractivity contribution in [3.8, 4) is 22.8 Å². The van der Waals surface area contributed by atoms with Crippen molar-refractivity contribution < 1.29 is 9.47 Å². The smallest absolute Gasteiger partial charge is 0.206 e. The molecule has 0 amide bonds. The number of benzene rings is 1. The van der Waals surface area contributed by atoms with Crippen LogP contribution in [0.1, 0.15) is 19.4 Å². The first-order valence-corrected chi connectivity index (χ1v) is 9.95. The molecular formula is C22H24N4O2S. The molecule has 150 valence electrons. The van der Waals surface area contributed by atoms with Gasteiger partial charge in [0.1, 0.15) is 11.5 Å². The minimum atomic E-state index is 0.541. The van der Waals surface area contributed by atoms with Crippen LogP contribution >= 0.6 is 11.3 Å². The summed E-state index contributed by atoms with van der Waals surface area (Å²) >= 11 is 1.52. The highest BCUT2D eigenvalue weighted by molar-refractivity contribution is 7.07. The molecule has 6 nitrogen and oxygen atoms in total. The van der Waals surface area contributed by atoms with Crippen molar-refractivity contribution in [2.45, 2.75) is 13.8 Å². The Kier molecular flexibility index (Phi) is 6.61. The highest BCUT2D eigenvalue weighted by atomic mass is 32.1. The maximum atomic E-state index is 5.59. The molecule has 3 rings (SSSR count). The van der Waals surface area contributed by atoms with Gasteiger partial charge in [0.2, 0.25) is 4.80 Å². The van der Waals surface area contributed by atoms with Gasteiger partial charge in [-0.05, 0) is 44.2 Å². The van der Waals surface area contributed by atoms with E-state index in [1.165, 1.54) is 11.3 Å². The van der Waals surface area contributed by atoms with Crippen molar-refractivity contribution in [2.75, 3.05) is 20.8 Å². The van der Waals surface area contributed by atoms with Gasteiger partial charge in [0.05, 0.1) is 32.2 Å². The fourth-order valence-corrected chi connectivity index (χ4v) is 3.53. The summed E-state index contributed by atoms with van der Waals surface area (Å²) in [5.41, 5.74) is 4.59. The molecule has 3 aromatic rings. The summed E-state index contributed by atoms with van der Waals surface area (Å²) in [5.74, 6) is 1.48. The number of aromatic nitrogens is 2. The van der Waals surface area contributed by atoms with Gasteiger partial charge >= 0.3 is 0 Å². The zero-order chi connectivity index (χ0) is 20.8. The minimum absolute atomic E-state index is 0.541. The van der Waals surface area contributed by atoms with E-state index >= 15 is 0 Å². The Labute approximate surface area is 174 Å².